The van der Waals surface area contributed by atoms with E-state index in [9.17, 15) is 4.79 Å². The van der Waals surface area contributed by atoms with Crippen LogP contribution >= 0.6 is 0 Å². The zero-order valence-corrected chi connectivity index (χ0v) is 16.1. The molecule has 0 saturated carbocycles. The third kappa shape index (κ3) is 3.27. The van der Waals surface area contributed by atoms with Gasteiger partial charge in [0.15, 0.2) is 5.82 Å². The van der Waals surface area contributed by atoms with Gasteiger partial charge in [0, 0.05) is 68.4 Å². The van der Waals surface area contributed by atoms with Crippen LogP contribution < -0.4 is 0 Å². The standard InChI is InChI=1S/C19H25N7O/c1-4-25-16-5-9-24(12-15(16)18(23-25)19-20-7-8-21-19)17(27)6-10-26-14(3)11-13(2)22-26/h7-8,11H,4-6,9-10,12H2,1-3H3,(H,20,21). The molecule has 1 aliphatic rings. The molecule has 4 heterocycles. The average Bonchev–Trinajstić information content (AvgIpc) is 3.37. The van der Waals surface area contributed by atoms with Crippen LogP contribution in [0.1, 0.15) is 36.0 Å². The molecule has 4 rings (SSSR count). The highest BCUT2D eigenvalue weighted by molar-refractivity contribution is 5.77. The molecule has 0 bridgehead atoms. The molecule has 0 atom stereocenters. The number of nitrogens with zero attached hydrogens (tertiary/aromatic N) is 6. The minimum Gasteiger partial charge on any atom is -0.343 e. The van der Waals surface area contributed by atoms with Crippen LogP contribution in [0.3, 0.4) is 0 Å². The number of amides is 1. The average molecular weight is 367 g/mol. The number of aryl methyl sites for hydroxylation is 4. The van der Waals surface area contributed by atoms with Gasteiger partial charge in [0.05, 0.1) is 5.69 Å². The predicted octanol–water partition coefficient (Wildman–Crippen LogP) is 2.08. The summed E-state index contributed by atoms with van der Waals surface area (Å²) in [7, 11) is 0. The number of hydrogen-bond donors (Lipinski definition) is 1. The lowest BCUT2D eigenvalue weighted by atomic mass is 10.0. The quantitative estimate of drug-likeness (QED) is 0.748. The molecule has 8 nitrogen and oxygen atoms in total. The van der Waals surface area contributed by atoms with E-state index in [1.807, 2.05) is 34.2 Å². The van der Waals surface area contributed by atoms with Gasteiger partial charge in [-0.3, -0.25) is 14.2 Å². The number of H-pyrrole nitrogens is 1. The van der Waals surface area contributed by atoms with Crippen LogP contribution in [0.25, 0.3) is 11.5 Å². The third-order valence-corrected chi connectivity index (χ3v) is 5.15. The molecule has 142 valence electrons. The number of aromatic amines is 1. The Labute approximate surface area is 158 Å². The van der Waals surface area contributed by atoms with E-state index in [4.69, 9.17) is 5.10 Å². The van der Waals surface area contributed by atoms with E-state index in [0.717, 1.165) is 48.0 Å². The van der Waals surface area contributed by atoms with Crippen molar-refractivity contribution in [1.82, 2.24) is 34.4 Å². The maximum Gasteiger partial charge on any atom is 0.224 e. The minimum absolute atomic E-state index is 0.155. The fourth-order valence-corrected chi connectivity index (χ4v) is 3.81. The van der Waals surface area contributed by atoms with E-state index >= 15 is 0 Å². The van der Waals surface area contributed by atoms with Gasteiger partial charge < -0.3 is 9.88 Å². The molecule has 0 radical (unpaired) electrons. The van der Waals surface area contributed by atoms with Crippen molar-refractivity contribution in [3.8, 4) is 11.5 Å². The molecule has 3 aromatic heterocycles. The van der Waals surface area contributed by atoms with Crippen LogP contribution in [0.4, 0.5) is 0 Å². The zero-order chi connectivity index (χ0) is 19.0. The summed E-state index contributed by atoms with van der Waals surface area (Å²) in [5.41, 5.74) is 5.25. The molecule has 0 aliphatic carbocycles. The number of carbonyl (C=O) groups excluding carboxylic acids is 1. The lowest BCUT2D eigenvalue weighted by Gasteiger charge is -2.28. The number of fused-ring (bicyclic) bond motifs is 1. The normalized spacial score (nSPS) is 13.8. The number of hydrogen-bond acceptors (Lipinski definition) is 4. The van der Waals surface area contributed by atoms with Gasteiger partial charge in [-0.1, -0.05) is 0 Å². The number of imidazole rings is 1. The molecule has 0 unspecified atom stereocenters. The van der Waals surface area contributed by atoms with E-state index < -0.39 is 0 Å². The van der Waals surface area contributed by atoms with Gasteiger partial charge >= 0.3 is 0 Å². The van der Waals surface area contributed by atoms with E-state index in [1.54, 1.807) is 12.4 Å². The summed E-state index contributed by atoms with van der Waals surface area (Å²) in [5, 5.41) is 9.17. The van der Waals surface area contributed by atoms with E-state index in [0.29, 0.717) is 19.5 Å². The largest absolute Gasteiger partial charge is 0.343 e. The van der Waals surface area contributed by atoms with Crippen molar-refractivity contribution in [3.63, 3.8) is 0 Å². The lowest BCUT2D eigenvalue weighted by Crippen LogP contribution is -2.37. The van der Waals surface area contributed by atoms with Crippen molar-refractivity contribution in [1.29, 1.82) is 0 Å². The van der Waals surface area contributed by atoms with Crippen molar-refractivity contribution in [2.75, 3.05) is 6.54 Å². The van der Waals surface area contributed by atoms with Crippen molar-refractivity contribution in [2.45, 2.75) is 53.2 Å². The first-order valence-corrected chi connectivity index (χ1v) is 9.44. The van der Waals surface area contributed by atoms with Crippen molar-refractivity contribution in [2.24, 2.45) is 0 Å². The van der Waals surface area contributed by atoms with Crippen LogP contribution in [0, 0.1) is 13.8 Å². The van der Waals surface area contributed by atoms with Crippen LogP contribution in [0.2, 0.25) is 0 Å². The van der Waals surface area contributed by atoms with Crippen LogP contribution in [-0.2, 0) is 30.8 Å². The maximum absolute atomic E-state index is 12.8. The topological polar surface area (TPSA) is 84.6 Å². The van der Waals surface area contributed by atoms with Crippen molar-refractivity contribution < 1.29 is 4.79 Å². The van der Waals surface area contributed by atoms with Gasteiger partial charge in [0.25, 0.3) is 0 Å². The summed E-state index contributed by atoms with van der Waals surface area (Å²) in [6, 6.07) is 2.03. The zero-order valence-electron chi connectivity index (χ0n) is 16.1. The Morgan fingerprint density at radius 3 is 2.78 bits per heavy atom. The fourth-order valence-electron chi connectivity index (χ4n) is 3.81. The van der Waals surface area contributed by atoms with Gasteiger partial charge in [-0.15, -0.1) is 0 Å². The number of carbonyl (C=O) groups is 1. The first-order valence-electron chi connectivity index (χ1n) is 9.44. The van der Waals surface area contributed by atoms with Gasteiger partial charge in [0.2, 0.25) is 5.91 Å². The lowest BCUT2D eigenvalue weighted by molar-refractivity contribution is -0.132. The third-order valence-electron chi connectivity index (χ3n) is 5.15. The molecule has 1 amide bonds. The number of rotatable bonds is 5. The summed E-state index contributed by atoms with van der Waals surface area (Å²) < 4.78 is 3.94. The molecule has 1 aliphatic heterocycles. The second-order valence-electron chi connectivity index (χ2n) is 6.99. The van der Waals surface area contributed by atoms with Crippen LogP contribution in [0.15, 0.2) is 18.5 Å². The highest BCUT2D eigenvalue weighted by atomic mass is 16.2. The molecule has 0 spiro atoms. The fraction of sp³-hybridized carbons (Fsp3) is 0.474. The Morgan fingerprint density at radius 1 is 1.26 bits per heavy atom. The molecular formula is C19H25N7O. The van der Waals surface area contributed by atoms with Gasteiger partial charge in [-0.25, -0.2) is 4.98 Å². The predicted molar refractivity (Wildman–Crippen MR) is 101 cm³/mol. The molecule has 3 aromatic rings. The van der Waals surface area contributed by atoms with E-state index in [-0.39, 0.29) is 5.91 Å². The summed E-state index contributed by atoms with van der Waals surface area (Å²) in [4.78, 5) is 22.2. The molecule has 8 heteroatoms. The van der Waals surface area contributed by atoms with Gasteiger partial charge in [-0.2, -0.15) is 10.2 Å². The monoisotopic (exact) mass is 367 g/mol. The highest BCUT2D eigenvalue weighted by Gasteiger charge is 2.28. The smallest absolute Gasteiger partial charge is 0.224 e. The Kier molecular flexibility index (Phi) is 4.55. The molecule has 1 N–H and O–H groups in total. The molecular weight excluding hydrogens is 342 g/mol. The van der Waals surface area contributed by atoms with Gasteiger partial charge in [-0.05, 0) is 26.8 Å². The number of aromatic nitrogens is 6. The minimum atomic E-state index is 0.155. The Hall–Kier alpha value is -2.90. The van der Waals surface area contributed by atoms with E-state index in [2.05, 4.69) is 22.0 Å². The Morgan fingerprint density at radius 2 is 2.11 bits per heavy atom. The summed E-state index contributed by atoms with van der Waals surface area (Å²) in [6.07, 6.45) is 4.80. The van der Waals surface area contributed by atoms with Crippen molar-refractivity contribution >= 4 is 5.91 Å². The Bertz CT molecular complexity index is 951. The molecule has 27 heavy (non-hydrogen) atoms. The summed E-state index contributed by atoms with van der Waals surface area (Å²) >= 11 is 0. The maximum atomic E-state index is 12.8. The summed E-state index contributed by atoms with van der Waals surface area (Å²) in [6.45, 7) is 8.82. The highest BCUT2D eigenvalue weighted by Crippen LogP contribution is 2.28. The van der Waals surface area contributed by atoms with Crippen molar-refractivity contribution in [3.05, 3.63) is 41.1 Å². The first kappa shape index (κ1) is 17.5. The number of nitrogens with one attached hydrogen (secondary N) is 1. The van der Waals surface area contributed by atoms with Crippen LogP contribution in [-0.4, -0.2) is 46.9 Å². The molecule has 0 fully saturated rings. The first-order chi connectivity index (χ1) is 13.1. The van der Waals surface area contributed by atoms with Crippen LogP contribution in [0.5, 0.6) is 0 Å². The molecule has 0 aromatic carbocycles. The summed E-state index contributed by atoms with van der Waals surface area (Å²) in [5.74, 6) is 0.915. The Balaban J connectivity index is 1.51. The van der Waals surface area contributed by atoms with E-state index in [1.165, 1.54) is 5.69 Å². The molecule has 0 saturated heterocycles. The van der Waals surface area contributed by atoms with Gasteiger partial charge in [0.1, 0.15) is 5.69 Å². The second-order valence-corrected chi connectivity index (χ2v) is 6.99. The second kappa shape index (κ2) is 7.02. The SMILES string of the molecule is CCn1nc(-c2ncc[nH]2)c2c1CCN(C(=O)CCn1nc(C)cc1C)C2.